The summed E-state index contributed by atoms with van der Waals surface area (Å²) in [7, 11) is -10.0. The highest BCUT2D eigenvalue weighted by molar-refractivity contribution is 7.47. The Hall–Kier alpha value is -5.32. The van der Waals surface area contributed by atoms with Crippen molar-refractivity contribution in [1.82, 2.24) is 0 Å². The molecule has 0 rings (SSSR count). The first kappa shape index (κ1) is 96.7. The molecular formula is C83H136O17P2. The molecule has 0 saturated carbocycles. The van der Waals surface area contributed by atoms with E-state index in [1.165, 1.54) is 57.8 Å². The molecule has 0 saturated heterocycles. The van der Waals surface area contributed by atoms with Crippen LogP contribution in [0, 0.1) is 0 Å². The summed E-state index contributed by atoms with van der Waals surface area (Å²) in [6.07, 6.45) is 85.5. The number of unbranched alkanes of at least 4 members (excludes halogenated alkanes) is 20. The second-order valence-electron chi connectivity index (χ2n) is 25.2. The number of aliphatic hydroxyl groups excluding tert-OH is 1. The topological polar surface area (TPSA) is 237 Å². The van der Waals surface area contributed by atoms with Crippen molar-refractivity contribution in [3.8, 4) is 0 Å². The Morgan fingerprint density at radius 3 is 0.931 bits per heavy atom. The molecule has 0 aliphatic carbocycles. The van der Waals surface area contributed by atoms with Crippen LogP contribution in [0.25, 0.3) is 0 Å². The summed E-state index contributed by atoms with van der Waals surface area (Å²) in [6, 6.07) is 0. The van der Waals surface area contributed by atoms with Gasteiger partial charge in [-0.25, -0.2) is 9.13 Å². The van der Waals surface area contributed by atoms with Gasteiger partial charge in [-0.3, -0.25) is 37.3 Å². The first-order valence-corrected chi connectivity index (χ1v) is 41.7. The zero-order valence-corrected chi connectivity index (χ0v) is 65.0. The zero-order chi connectivity index (χ0) is 74.6. The van der Waals surface area contributed by atoms with Crippen molar-refractivity contribution in [2.75, 3.05) is 39.6 Å². The van der Waals surface area contributed by atoms with E-state index < -0.39 is 97.5 Å². The number of hydrogen-bond donors (Lipinski definition) is 3. The summed E-state index contributed by atoms with van der Waals surface area (Å²) >= 11 is 0. The Bertz CT molecular complexity index is 2550. The molecule has 0 aliphatic heterocycles. The molecule has 0 fully saturated rings. The minimum atomic E-state index is -5.01. The largest absolute Gasteiger partial charge is 0.472 e. The predicted octanol–water partition coefficient (Wildman–Crippen LogP) is 22.4. The summed E-state index contributed by atoms with van der Waals surface area (Å²) in [4.78, 5) is 72.8. The summed E-state index contributed by atoms with van der Waals surface area (Å²) in [5.41, 5.74) is 0. The third kappa shape index (κ3) is 73.0. The lowest BCUT2D eigenvalue weighted by Crippen LogP contribution is -2.30. The van der Waals surface area contributed by atoms with Crippen LogP contribution in [-0.4, -0.2) is 96.7 Å². The van der Waals surface area contributed by atoms with E-state index in [4.69, 9.17) is 37.0 Å². The zero-order valence-electron chi connectivity index (χ0n) is 63.2. The maximum atomic E-state index is 13.1. The summed E-state index contributed by atoms with van der Waals surface area (Å²) in [5, 5.41) is 10.6. The van der Waals surface area contributed by atoms with Crippen molar-refractivity contribution in [1.29, 1.82) is 0 Å². The lowest BCUT2D eigenvalue weighted by Gasteiger charge is -2.21. The van der Waals surface area contributed by atoms with Crippen molar-refractivity contribution in [3.63, 3.8) is 0 Å². The Balaban J connectivity index is 5.50. The van der Waals surface area contributed by atoms with Crippen LogP contribution in [-0.2, 0) is 65.4 Å². The maximum Gasteiger partial charge on any atom is 0.472 e. The van der Waals surface area contributed by atoms with E-state index >= 15 is 0 Å². The van der Waals surface area contributed by atoms with Gasteiger partial charge in [0.25, 0.3) is 0 Å². The molecule has 0 heterocycles. The van der Waals surface area contributed by atoms with Gasteiger partial charge >= 0.3 is 39.5 Å². The molecule has 5 unspecified atom stereocenters. The van der Waals surface area contributed by atoms with Gasteiger partial charge in [-0.1, -0.05) is 269 Å². The number of aliphatic hydroxyl groups is 1. The molecule has 580 valence electrons. The Morgan fingerprint density at radius 2 is 0.559 bits per heavy atom. The van der Waals surface area contributed by atoms with Crippen LogP contribution in [0.2, 0.25) is 0 Å². The number of carbonyl (C=O) groups is 4. The molecule has 0 aromatic rings. The summed E-state index contributed by atoms with van der Waals surface area (Å²) in [6.45, 7) is 4.39. The van der Waals surface area contributed by atoms with Crippen molar-refractivity contribution < 1.29 is 80.2 Å². The minimum Gasteiger partial charge on any atom is -0.462 e. The van der Waals surface area contributed by atoms with Gasteiger partial charge in [-0.05, 0) is 148 Å². The van der Waals surface area contributed by atoms with Crippen molar-refractivity contribution >= 4 is 39.5 Å². The van der Waals surface area contributed by atoms with Crippen LogP contribution in [0.3, 0.4) is 0 Å². The molecule has 0 bridgehead atoms. The van der Waals surface area contributed by atoms with Crippen LogP contribution >= 0.6 is 15.6 Å². The van der Waals surface area contributed by atoms with E-state index in [-0.39, 0.29) is 25.7 Å². The maximum absolute atomic E-state index is 13.1. The first-order chi connectivity index (χ1) is 49.7. The van der Waals surface area contributed by atoms with Crippen LogP contribution in [0.5, 0.6) is 0 Å². The Labute approximate surface area is 617 Å². The second-order valence-corrected chi connectivity index (χ2v) is 28.1. The molecule has 0 amide bonds. The SMILES string of the molecule is CC/C=C\C/C=C\C/C=C\C/C=C\C/C=C\CCCC(=O)OCC(COP(=O)(O)OCC(O)COP(=O)(O)OCC(COC(=O)C/C=C\C/C=C\C/C=C\C/C=C\C/C=C\CC)OC(=O)CCCCCCC/C=C\CCCCCCCC)OC(=O)CCCCCCC/C=C\C/C=C\CCCCC. The smallest absolute Gasteiger partial charge is 0.462 e. The predicted molar refractivity (Wildman–Crippen MR) is 417 cm³/mol. The lowest BCUT2D eigenvalue weighted by atomic mass is 10.1. The summed E-state index contributed by atoms with van der Waals surface area (Å²) in [5.74, 6) is -2.43. The van der Waals surface area contributed by atoms with Crippen LogP contribution in [0.15, 0.2) is 158 Å². The molecule has 0 aliphatic rings. The number of rotatable bonds is 71. The third-order valence-corrected chi connectivity index (χ3v) is 17.4. The van der Waals surface area contributed by atoms with Gasteiger partial charge in [0.1, 0.15) is 19.3 Å². The molecular weight excluding hydrogens is 1330 g/mol. The fourth-order valence-corrected chi connectivity index (χ4v) is 11.2. The molecule has 0 radical (unpaired) electrons. The number of ether oxygens (including phenoxy) is 4. The average Bonchev–Trinajstić information content (AvgIpc) is 0.923. The minimum absolute atomic E-state index is 0.0595. The number of phosphoric acid groups is 2. The quantitative estimate of drug-likeness (QED) is 0.0169. The molecule has 0 spiro atoms. The van der Waals surface area contributed by atoms with Gasteiger partial charge in [0, 0.05) is 19.3 Å². The van der Waals surface area contributed by atoms with Crippen LogP contribution in [0.1, 0.15) is 285 Å². The monoisotopic (exact) mass is 1470 g/mol. The third-order valence-electron chi connectivity index (χ3n) is 15.5. The molecule has 0 aromatic carbocycles. The van der Waals surface area contributed by atoms with E-state index in [0.717, 1.165) is 141 Å². The highest BCUT2D eigenvalue weighted by Crippen LogP contribution is 2.45. The average molecular weight is 1470 g/mol. The van der Waals surface area contributed by atoms with Crippen LogP contribution in [0.4, 0.5) is 0 Å². The van der Waals surface area contributed by atoms with E-state index in [1.54, 1.807) is 6.08 Å². The van der Waals surface area contributed by atoms with E-state index in [1.807, 2.05) is 30.4 Å². The fraction of sp³-hybridized carbons (Fsp3) is 0.639. The molecule has 102 heavy (non-hydrogen) atoms. The van der Waals surface area contributed by atoms with Gasteiger partial charge in [-0.2, -0.15) is 0 Å². The molecule has 3 N–H and O–H groups in total. The van der Waals surface area contributed by atoms with Gasteiger partial charge in [-0.15, -0.1) is 0 Å². The van der Waals surface area contributed by atoms with E-state index in [0.29, 0.717) is 32.1 Å². The lowest BCUT2D eigenvalue weighted by molar-refractivity contribution is -0.161. The first-order valence-electron chi connectivity index (χ1n) is 38.7. The fourth-order valence-electron chi connectivity index (χ4n) is 9.65. The normalized spacial score (nSPS) is 14.8. The van der Waals surface area contributed by atoms with Gasteiger partial charge in [0.15, 0.2) is 12.2 Å². The molecule has 0 aromatic heterocycles. The van der Waals surface area contributed by atoms with Crippen molar-refractivity contribution in [3.05, 3.63) is 158 Å². The second kappa shape index (κ2) is 74.0. The molecule has 19 heteroatoms. The number of hydrogen-bond acceptors (Lipinski definition) is 15. The Morgan fingerprint density at radius 1 is 0.294 bits per heavy atom. The number of esters is 4. The van der Waals surface area contributed by atoms with Crippen LogP contribution < -0.4 is 0 Å². The standard InChI is InChI=1S/C83H136O17P2/c1-5-9-13-17-21-25-29-33-37-38-42-44-48-52-56-60-64-68-81(86)94-74-79(100-83(88)70-66-62-58-54-50-46-41-36-32-28-24-20-16-12-8-4)76-98-102(91,92)96-72-77(84)71-95-101(89,90)97-75-78(99-82(87)69-65-61-57-53-49-45-40-35-31-27-23-19-15-11-7-3)73-93-80(85)67-63-59-55-51-47-43-39-34-30-26-22-18-14-10-6-2/h9-10,13-14,21-22,24-26,28,33-37,39-42,44,47,51-52,56,59,63,77-79,84H,5-8,11-12,15-20,23,27,29-32,38,43,45-46,48-50,53-55,57-58,60-62,64-76H2,1-4H3,(H,89,90)(H,91,92)/b13-9-,14-10-,25-21-,26-22-,28-24-,37-33-,39-34-,40-35-,41-36-,44-42-,51-47-,56-52-,63-59-. The van der Waals surface area contributed by atoms with Crippen molar-refractivity contribution in [2.24, 2.45) is 0 Å². The highest BCUT2D eigenvalue weighted by atomic mass is 31.2. The number of carbonyl (C=O) groups excluding carboxylic acids is 4. The van der Waals surface area contributed by atoms with Crippen molar-refractivity contribution in [2.45, 2.75) is 303 Å². The highest BCUT2D eigenvalue weighted by Gasteiger charge is 2.30. The van der Waals surface area contributed by atoms with Gasteiger partial charge < -0.3 is 33.8 Å². The van der Waals surface area contributed by atoms with Gasteiger partial charge in [0.2, 0.25) is 0 Å². The Kier molecular flexibility index (Phi) is 70.1. The van der Waals surface area contributed by atoms with Gasteiger partial charge in [0.05, 0.1) is 32.8 Å². The summed E-state index contributed by atoms with van der Waals surface area (Å²) < 4.78 is 68.3. The van der Waals surface area contributed by atoms with E-state index in [2.05, 4.69) is 149 Å². The number of phosphoric ester groups is 2. The number of allylic oxidation sites excluding steroid dienone is 25. The molecule has 5 atom stereocenters. The van der Waals surface area contributed by atoms with E-state index in [9.17, 15) is 43.2 Å². The molecule has 17 nitrogen and oxygen atoms in total.